The van der Waals surface area contributed by atoms with Crippen molar-refractivity contribution in [1.29, 1.82) is 0 Å². The maximum absolute atomic E-state index is 11.5. The lowest BCUT2D eigenvalue weighted by molar-refractivity contribution is 0.0478. The minimum absolute atomic E-state index is 0.192. The summed E-state index contributed by atoms with van der Waals surface area (Å²) in [4.78, 5) is 5.79. The Bertz CT molecular complexity index is 615. The van der Waals surface area contributed by atoms with E-state index < -0.39 is 9.84 Å². The lowest BCUT2D eigenvalue weighted by atomic mass is 10.1. The smallest absolute Gasteiger partial charge is 0.175 e. The van der Waals surface area contributed by atoms with Crippen molar-refractivity contribution in [3.05, 3.63) is 29.8 Å². The number of rotatable bonds is 5. The van der Waals surface area contributed by atoms with Crippen LogP contribution in [0.3, 0.4) is 0 Å². The molecule has 3 atom stereocenters. The minimum Gasteiger partial charge on any atom is -0.312 e. The van der Waals surface area contributed by atoms with Gasteiger partial charge in [-0.05, 0) is 24.1 Å². The van der Waals surface area contributed by atoms with Crippen LogP contribution < -0.4 is 16.1 Å². The van der Waals surface area contributed by atoms with Crippen LogP contribution in [-0.4, -0.2) is 51.5 Å². The second-order valence-corrected chi connectivity index (χ2v) is 9.21. The van der Waals surface area contributed by atoms with E-state index in [1.165, 1.54) is 6.26 Å². The van der Waals surface area contributed by atoms with Gasteiger partial charge in [-0.25, -0.2) is 13.9 Å². The Morgan fingerprint density at radius 3 is 2.70 bits per heavy atom. The van der Waals surface area contributed by atoms with Gasteiger partial charge in [0.1, 0.15) is 0 Å². The number of hydrogen-bond acceptors (Lipinski definition) is 7. The van der Waals surface area contributed by atoms with Gasteiger partial charge in [0.15, 0.2) is 9.84 Å². The lowest BCUT2D eigenvalue weighted by Gasteiger charge is -2.32. The predicted octanol–water partition coefficient (Wildman–Crippen LogP) is 0.677. The third-order valence-corrected chi connectivity index (χ3v) is 6.48. The van der Waals surface area contributed by atoms with Gasteiger partial charge in [0.25, 0.3) is 0 Å². The van der Waals surface area contributed by atoms with Crippen molar-refractivity contribution in [3.63, 3.8) is 0 Å². The third kappa shape index (κ3) is 4.68. The van der Waals surface area contributed by atoms with Crippen molar-refractivity contribution in [2.24, 2.45) is 0 Å². The molecular weight excluding hydrogens is 334 g/mol. The van der Waals surface area contributed by atoms with Crippen molar-refractivity contribution >= 4 is 21.6 Å². The van der Waals surface area contributed by atoms with E-state index in [4.69, 9.17) is 4.84 Å². The Hall–Kier alpha value is -0.640. The molecule has 3 rings (SSSR count). The molecule has 23 heavy (non-hydrogen) atoms. The second kappa shape index (κ2) is 7.50. The van der Waals surface area contributed by atoms with E-state index in [0.29, 0.717) is 10.3 Å². The summed E-state index contributed by atoms with van der Waals surface area (Å²) in [6.07, 6.45) is 2.58. The molecule has 0 radical (unpaired) electrons. The summed E-state index contributed by atoms with van der Waals surface area (Å²) in [5.74, 6) is 0.964. The topological polar surface area (TPSA) is 79.5 Å². The molecule has 0 saturated carbocycles. The first-order chi connectivity index (χ1) is 11.0. The van der Waals surface area contributed by atoms with Crippen LogP contribution in [0, 0.1) is 0 Å². The maximum Gasteiger partial charge on any atom is 0.175 e. The van der Waals surface area contributed by atoms with Gasteiger partial charge in [-0.3, -0.25) is 10.2 Å². The monoisotopic (exact) mass is 357 g/mol. The van der Waals surface area contributed by atoms with Crippen LogP contribution in [0.25, 0.3) is 0 Å². The molecule has 0 bridgehead atoms. The van der Waals surface area contributed by atoms with Crippen LogP contribution in [0.2, 0.25) is 0 Å². The van der Waals surface area contributed by atoms with Gasteiger partial charge in [0, 0.05) is 37.7 Å². The Kier molecular flexibility index (Phi) is 5.61. The van der Waals surface area contributed by atoms with E-state index in [2.05, 4.69) is 16.1 Å². The summed E-state index contributed by atoms with van der Waals surface area (Å²) in [6.45, 7) is 2.69. The fraction of sp³-hybridized carbons (Fsp3) is 0.600. The number of hydrogen-bond donors (Lipinski definition) is 3. The first-order valence-electron chi connectivity index (χ1n) is 7.79. The largest absolute Gasteiger partial charge is 0.312 e. The Morgan fingerprint density at radius 2 is 2.04 bits per heavy atom. The highest BCUT2D eigenvalue weighted by Gasteiger charge is 2.24. The summed E-state index contributed by atoms with van der Waals surface area (Å²) in [5, 5.41) is 7.40. The van der Waals surface area contributed by atoms with Gasteiger partial charge in [-0.15, -0.1) is 11.8 Å². The zero-order chi connectivity index (χ0) is 16.3. The standard InChI is InChI=1S/C15H23N3O3S2/c1-23(19,20)13-4-2-11(3-5-13)14-8-16-9-15(18-14)22-10-12-6-7-17-21-12/h2-5,12,14-18H,6-10H2,1H3. The van der Waals surface area contributed by atoms with E-state index in [9.17, 15) is 8.42 Å². The first-order valence-corrected chi connectivity index (χ1v) is 10.7. The molecule has 3 unspecified atom stereocenters. The van der Waals surface area contributed by atoms with Crippen LogP contribution >= 0.6 is 11.8 Å². The van der Waals surface area contributed by atoms with E-state index in [1.807, 2.05) is 23.9 Å². The summed E-state index contributed by atoms with van der Waals surface area (Å²) in [5.41, 5.74) is 4.02. The molecular formula is C15H23N3O3S2. The normalized spacial score (nSPS) is 28.8. The van der Waals surface area contributed by atoms with Gasteiger partial charge in [0.2, 0.25) is 0 Å². The zero-order valence-corrected chi connectivity index (χ0v) is 14.8. The van der Waals surface area contributed by atoms with Crippen LogP contribution in [0.1, 0.15) is 18.0 Å². The molecule has 2 aliphatic heterocycles. The summed E-state index contributed by atoms with van der Waals surface area (Å²) in [7, 11) is -3.14. The fourth-order valence-corrected chi connectivity index (χ4v) is 4.57. The van der Waals surface area contributed by atoms with E-state index in [0.717, 1.165) is 37.4 Å². The van der Waals surface area contributed by atoms with Crippen molar-refractivity contribution in [3.8, 4) is 0 Å². The van der Waals surface area contributed by atoms with Gasteiger partial charge in [0.05, 0.1) is 16.4 Å². The molecule has 8 heteroatoms. The lowest BCUT2D eigenvalue weighted by Crippen LogP contribution is -2.49. The highest BCUT2D eigenvalue weighted by molar-refractivity contribution is 7.99. The highest BCUT2D eigenvalue weighted by Crippen LogP contribution is 2.23. The molecule has 2 saturated heterocycles. The van der Waals surface area contributed by atoms with E-state index >= 15 is 0 Å². The van der Waals surface area contributed by atoms with E-state index in [1.54, 1.807) is 12.1 Å². The Balaban J connectivity index is 1.57. The molecule has 2 aliphatic rings. The van der Waals surface area contributed by atoms with Gasteiger partial charge < -0.3 is 5.32 Å². The van der Waals surface area contributed by atoms with Crippen LogP contribution in [0.15, 0.2) is 29.2 Å². The van der Waals surface area contributed by atoms with Crippen LogP contribution in [-0.2, 0) is 14.7 Å². The molecule has 0 aliphatic carbocycles. The quantitative estimate of drug-likeness (QED) is 0.715. The van der Waals surface area contributed by atoms with Crippen molar-refractivity contribution in [2.75, 3.05) is 31.6 Å². The number of nitrogens with one attached hydrogen (secondary N) is 3. The Morgan fingerprint density at radius 1 is 1.26 bits per heavy atom. The van der Waals surface area contributed by atoms with Crippen molar-refractivity contribution < 1.29 is 13.3 Å². The maximum atomic E-state index is 11.5. The summed E-state index contributed by atoms with van der Waals surface area (Å²) in [6, 6.07) is 7.35. The van der Waals surface area contributed by atoms with E-state index in [-0.39, 0.29) is 12.1 Å². The second-order valence-electron chi connectivity index (χ2n) is 5.96. The molecule has 128 valence electrons. The molecule has 1 aromatic rings. The van der Waals surface area contributed by atoms with Crippen molar-refractivity contribution in [1.82, 2.24) is 16.1 Å². The molecule has 0 amide bonds. The number of sulfone groups is 1. The Labute approximate surface area is 141 Å². The average molecular weight is 358 g/mol. The average Bonchev–Trinajstić information content (AvgIpc) is 3.06. The van der Waals surface area contributed by atoms with Gasteiger partial charge >= 0.3 is 0 Å². The van der Waals surface area contributed by atoms with Gasteiger partial charge in [-0.2, -0.15) is 0 Å². The number of thioether (sulfide) groups is 1. The predicted molar refractivity (Wildman–Crippen MR) is 92.0 cm³/mol. The molecule has 1 aromatic carbocycles. The third-order valence-electron chi connectivity index (χ3n) is 4.08. The van der Waals surface area contributed by atoms with Crippen molar-refractivity contribution in [2.45, 2.75) is 28.8 Å². The number of benzene rings is 1. The summed E-state index contributed by atoms with van der Waals surface area (Å²) >= 11 is 1.87. The molecule has 2 heterocycles. The molecule has 2 fully saturated rings. The molecule has 0 aromatic heterocycles. The number of piperazine rings is 1. The van der Waals surface area contributed by atoms with Crippen LogP contribution in [0.4, 0.5) is 0 Å². The molecule has 0 spiro atoms. The molecule has 6 nitrogen and oxygen atoms in total. The highest BCUT2D eigenvalue weighted by atomic mass is 32.2. The minimum atomic E-state index is -3.14. The van der Waals surface area contributed by atoms with Crippen LogP contribution in [0.5, 0.6) is 0 Å². The zero-order valence-electron chi connectivity index (χ0n) is 13.1. The first kappa shape index (κ1) is 17.2. The summed E-state index contributed by atoms with van der Waals surface area (Å²) < 4.78 is 23.1. The molecule has 3 N–H and O–H groups in total. The fourth-order valence-electron chi connectivity index (χ4n) is 2.77. The number of hydroxylamine groups is 1. The van der Waals surface area contributed by atoms with Gasteiger partial charge in [-0.1, -0.05) is 12.1 Å². The SMILES string of the molecule is CS(=O)(=O)c1ccc(C2CNCC(SCC3CCNO3)N2)cc1.